The predicted molar refractivity (Wildman–Crippen MR) is 183 cm³/mol. The number of benzene rings is 3. The Labute approximate surface area is 289 Å². The summed E-state index contributed by atoms with van der Waals surface area (Å²) in [5.74, 6) is -2.12. The van der Waals surface area contributed by atoms with Gasteiger partial charge in [0.15, 0.2) is 5.96 Å². The van der Waals surface area contributed by atoms with E-state index in [2.05, 4.69) is 15.6 Å². The van der Waals surface area contributed by atoms with Gasteiger partial charge in [0.25, 0.3) is 5.91 Å². The number of carbonyl (C=O) groups is 5. The molecule has 3 aromatic rings. The molecule has 0 spiro atoms. The van der Waals surface area contributed by atoms with Crippen LogP contribution in [-0.4, -0.2) is 96.0 Å². The Hall–Kier alpha value is -6.12. The summed E-state index contributed by atoms with van der Waals surface area (Å²) < 4.78 is 10.6. The molecule has 0 aromatic heterocycles. The van der Waals surface area contributed by atoms with Crippen molar-refractivity contribution in [2.75, 3.05) is 33.3 Å². The monoisotopic (exact) mass is 687 g/mol. The Morgan fingerprint density at radius 2 is 1.66 bits per heavy atom. The Morgan fingerprint density at radius 3 is 2.30 bits per heavy atom. The smallest absolute Gasteiger partial charge is 0.408 e. The summed E-state index contributed by atoms with van der Waals surface area (Å²) in [5, 5.41) is 14.9. The van der Waals surface area contributed by atoms with Crippen LogP contribution < -0.4 is 26.8 Å². The lowest BCUT2D eigenvalue weighted by Gasteiger charge is -2.41. The highest BCUT2D eigenvalue weighted by Crippen LogP contribution is 2.20. The van der Waals surface area contributed by atoms with Crippen molar-refractivity contribution in [1.82, 2.24) is 20.4 Å². The zero-order valence-electron chi connectivity index (χ0n) is 27.6. The Morgan fingerprint density at radius 1 is 0.960 bits per heavy atom. The molecule has 0 aliphatic carbocycles. The third-order valence-corrected chi connectivity index (χ3v) is 7.92. The van der Waals surface area contributed by atoms with E-state index in [1.807, 2.05) is 18.2 Å². The van der Waals surface area contributed by atoms with Crippen LogP contribution in [0.4, 0.5) is 10.5 Å². The molecule has 0 radical (unpaired) electrons. The number of nitrogens with zero attached hydrogens (tertiary/aromatic N) is 3. The van der Waals surface area contributed by atoms with E-state index in [0.717, 1.165) is 5.56 Å². The van der Waals surface area contributed by atoms with Crippen LogP contribution >= 0.6 is 0 Å². The van der Waals surface area contributed by atoms with E-state index in [9.17, 15) is 29.1 Å². The summed E-state index contributed by atoms with van der Waals surface area (Å²) in [6.45, 7) is -0.344. The second-order valence-corrected chi connectivity index (χ2v) is 11.5. The number of nitrogens with one attached hydrogen (secondary N) is 2. The summed E-state index contributed by atoms with van der Waals surface area (Å²) in [6.07, 6.45) is -0.327. The van der Waals surface area contributed by atoms with Crippen LogP contribution in [0.5, 0.6) is 5.75 Å². The van der Waals surface area contributed by atoms with Crippen molar-refractivity contribution in [2.45, 2.75) is 38.0 Å². The highest BCUT2D eigenvalue weighted by molar-refractivity contribution is 5.95. The van der Waals surface area contributed by atoms with Gasteiger partial charge in [0.1, 0.15) is 31.0 Å². The fourth-order valence-electron chi connectivity index (χ4n) is 5.44. The Bertz CT molecular complexity index is 1660. The Balaban J connectivity index is 1.47. The topological polar surface area (TPSA) is 219 Å². The molecule has 15 nitrogen and oxygen atoms in total. The van der Waals surface area contributed by atoms with Gasteiger partial charge >= 0.3 is 12.1 Å². The first-order chi connectivity index (χ1) is 24.0. The highest BCUT2D eigenvalue weighted by atomic mass is 16.5. The molecule has 0 saturated carbocycles. The number of carbonyl (C=O) groups excluding carboxylic acids is 4. The molecule has 1 heterocycles. The van der Waals surface area contributed by atoms with Crippen LogP contribution in [0.3, 0.4) is 0 Å². The number of hydrogen-bond donors (Lipinski definition) is 5. The number of piperazine rings is 1. The van der Waals surface area contributed by atoms with E-state index < -0.39 is 42.5 Å². The van der Waals surface area contributed by atoms with Crippen molar-refractivity contribution in [2.24, 2.45) is 16.5 Å². The first-order valence-electron chi connectivity index (χ1n) is 15.9. The van der Waals surface area contributed by atoms with Crippen LogP contribution in [0, 0.1) is 0 Å². The molecule has 0 unspecified atom stereocenters. The molecule has 15 heteroatoms. The molecular weight excluding hydrogens is 646 g/mol. The van der Waals surface area contributed by atoms with Crippen molar-refractivity contribution >= 4 is 41.4 Å². The minimum absolute atomic E-state index is 0.00628. The van der Waals surface area contributed by atoms with Crippen molar-refractivity contribution in [3.63, 3.8) is 0 Å². The second-order valence-electron chi connectivity index (χ2n) is 11.5. The second kappa shape index (κ2) is 17.9. The van der Waals surface area contributed by atoms with Crippen LogP contribution in [0.25, 0.3) is 0 Å². The summed E-state index contributed by atoms with van der Waals surface area (Å²) in [7, 11) is 1.53. The molecule has 1 saturated heterocycles. The molecule has 50 heavy (non-hydrogen) atoms. The zero-order chi connectivity index (χ0) is 36.0. The lowest BCUT2D eigenvalue weighted by atomic mass is 10.00. The standard InChI is InChI=1S/C35H41N7O8/c1-49-27-15-9-23(10-16-27)20-28(40-35(48)50-22-24-6-3-2-4-7-24)32(46)42-19-18-41(21-30(43)44)33(47)29(42)8-5-17-38-31(45)25-11-13-26(14-12-25)39-34(36)37/h2-4,6-7,9-16,28-29H,5,8,17-22H2,1H3,(H,38,45)(H,40,48)(H,43,44)(H4,36,37,39)/t28-,29-/m0/s1. The van der Waals surface area contributed by atoms with Crippen molar-refractivity contribution in [3.8, 4) is 5.75 Å². The van der Waals surface area contributed by atoms with Gasteiger partial charge in [0, 0.05) is 31.6 Å². The number of alkyl carbamates (subject to hydrolysis) is 1. The number of aliphatic imine (C=N–C) groups is 1. The van der Waals surface area contributed by atoms with E-state index in [1.54, 1.807) is 60.7 Å². The zero-order valence-corrected chi connectivity index (χ0v) is 27.6. The van der Waals surface area contributed by atoms with Crippen molar-refractivity contribution < 1.29 is 38.6 Å². The molecule has 4 amide bonds. The van der Waals surface area contributed by atoms with Gasteiger partial charge in [-0.1, -0.05) is 42.5 Å². The van der Waals surface area contributed by atoms with Gasteiger partial charge in [-0.2, -0.15) is 0 Å². The van der Waals surface area contributed by atoms with Gasteiger partial charge in [0.05, 0.1) is 12.8 Å². The first-order valence-corrected chi connectivity index (χ1v) is 15.9. The summed E-state index contributed by atoms with van der Waals surface area (Å²) in [5.41, 5.74) is 13.1. The number of methoxy groups -OCH3 is 1. The van der Waals surface area contributed by atoms with Gasteiger partial charge < -0.3 is 46.5 Å². The highest BCUT2D eigenvalue weighted by Gasteiger charge is 2.40. The van der Waals surface area contributed by atoms with Crippen molar-refractivity contribution in [3.05, 3.63) is 95.6 Å². The number of nitrogens with two attached hydrogens (primary N) is 2. The minimum atomic E-state index is -1.18. The number of guanidine groups is 1. The van der Waals surface area contributed by atoms with Gasteiger partial charge in [-0.15, -0.1) is 0 Å². The lowest BCUT2D eigenvalue weighted by Crippen LogP contribution is -2.63. The normalized spacial score (nSPS) is 14.7. The number of rotatable bonds is 15. The SMILES string of the molecule is COc1ccc(C[C@H](NC(=O)OCc2ccccc2)C(=O)N2CCN(CC(=O)O)C(=O)[C@@H]2CCCNC(=O)c2ccc(N=C(N)N)cc2)cc1. The third kappa shape index (κ3) is 10.7. The van der Waals surface area contributed by atoms with E-state index in [1.165, 1.54) is 16.9 Å². The van der Waals surface area contributed by atoms with Crippen LogP contribution in [0.15, 0.2) is 83.9 Å². The van der Waals surface area contributed by atoms with Crippen LogP contribution in [-0.2, 0) is 32.1 Å². The quantitative estimate of drug-likeness (QED) is 0.0886. The minimum Gasteiger partial charge on any atom is -0.497 e. The van der Waals surface area contributed by atoms with Crippen LogP contribution in [0.1, 0.15) is 34.3 Å². The number of ether oxygens (including phenoxy) is 2. The number of amides is 4. The van der Waals surface area contributed by atoms with Crippen molar-refractivity contribution in [1.29, 1.82) is 0 Å². The number of hydrogen-bond acceptors (Lipinski definition) is 8. The molecule has 1 aliphatic heterocycles. The largest absolute Gasteiger partial charge is 0.497 e. The fraction of sp³-hybridized carbons (Fsp3) is 0.314. The molecule has 1 aliphatic rings. The fourth-order valence-corrected chi connectivity index (χ4v) is 5.44. The number of aliphatic carboxylic acids is 1. The number of carboxylic acid groups (broad SMARTS) is 1. The lowest BCUT2D eigenvalue weighted by molar-refractivity contribution is -0.156. The van der Waals surface area contributed by atoms with Gasteiger partial charge in [0.2, 0.25) is 11.8 Å². The van der Waals surface area contributed by atoms with E-state index >= 15 is 0 Å². The van der Waals surface area contributed by atoms with E-state index in [-0.39, 0.29) is 57.4 Å². The maximum atomic E-state index is 14.2. The molecule has 7 N–H and O–H groups in total. The van der Waals surface area contributed by atoms with Crippen LogP contribution in [0.2, 0.25) is 0 Å². The van der Waals surface area contributed by atoms with Gasteiger partial charge in [-0.3, -0.25) is 19.2 Å². The summed E-state index contributed by atoms with van der Waals surface area (Å²) >= 11 is 0. The predicted octanol–water partition coefficient (Wildman–Crippen LogP) is 1.77. The molecule has 0 bridgehead atoms. The van der Waals surface area contributed by atoms with Gasteiger partial charge in [-0.25, -0.2) is 9.79 Å². The summed E-state index contributed by atoms with van der Waals surface area (Å²) in [4.78, 5) is 71.5. The average Bonchev–Trinajstić information content (AvgIpc) is 3.10. The third-order valence-electron chi connectivity index (χ3n) is 7.92. The first kappa shape index (κ1) is 36.7. The molecule has 4 rings (SSSR count). The summed E-state index contributed by atoms with van der Waals surface area (Å²) in [6, 6.07) is 20.2. The molecule has 3 aromatic carbocycles. The maximum Gasteiger partial charge on any atom is 0.408 e. The molecule has 1 fully saturated rings. The number of carboxylic acids is 1. The van der Waals surface area contributed by atoms with E-state index in [4.69, 9.17) is 20.9 Å². The Kier molecular flexibility index (Phi) is 13.1. The molecular formula is C35H41N7O8. The maximum absolute atomic E-state index is 14.2. The van der Waals surface area contributed by atoms with E-state index in [0.29, 0.717) is 22.6 Å². The average molecular weight is 688 g/mol. The van der Waals surface area contributed by atoms with Gasteiger partial charge in [-0.05, 0) is 60.4 Å². The molecule has 2 atom stereocenters. The molecule has 264 valence electrons.